The van der Waals surface area contributed by atoms with Gasteiger partial charge in [-0.3, -0.25) is 4.79 Å². The molecule has 1 aromatic rings. The zero-order valence-electron chi connectivity index (χ0n) is 10.2. The van der Waals surface area contributed by atoms with Crippen molar-refractivity contribution in [2.75, 3.05) is 27.3 Å². The topological polar surface area (TPSA) is 49.8 Å². The van der Waals surface area contributed by atoms with Crippen molar-refractivity contribution in [2.24, 2.45) is 0 Å². The van der Waals surface area contributed by atoms with Crippen LogP contribution in [0.25, 0.3) is 0 Å². The third-order valence-electron chi connectivity index (χ3n) is 2.36. The Morgan fingerprint density at radius 1 is 1.56 bits per heavy atom. The van der Waals surface area contributed by atoms with Gasteiger partial charge in [-0.15, -0.1) is 11.6 Å². The van der Waals surface area contributed by atoms with Crippen molar-refractivity contribution < 1.29 is 14.6 Å². The third kappa shape index (κ3) is 4.05. The molecule has 4 nitrogen and oxygen atoms in total. The molecule has 0 saturated heterocycles. The van der Waals surface area contributed by atoms with Crippen LogP contribution >= 0.6 is 23.2 Å². The van der Waals surface area contributed by atoms with Gasteiger partial charge in [0, 0.05) is 25.7 Å². The average molecular weight is 292 g/mol. The molecule has 1 unspecified atom stereocenters. The Morgan fingerprint density at radius 2 is 2.22 bits per heavy atom. The van der Waals surface area contributed by atoms with E-state index in [1.165, 1.54) is 17.0 Å². The Bertz CT molecular complexity index is 426. The predicted molar refractivity (Wildman–Crippen MR) is 71.6 cm³/mol. The molecule has 6 heteroatoms. The molecule has 0 aliphatic rings. The smallest absolute Gasteiger partial charge is 0.257 e. The number of benzene rings is 1. The zero-order valence-corrected chi connectivity index (χ0v) is 11.7. The standard InChI is InChI=1S/C12H15Cl2NO3/c1-15(6-9(14)7-18-2)12(17)10-4-3-8(13)5-11(10)16/h3-5,9,16H,6-7H2,1-2H3. The lowest BCUT2D eigenvalue weighted by molar-refractivity contribution is 0.0778. The number of rotatable bonds is 5. The van der Waals surface area contributed by atoms with Crippen molar-refractivity contribution in [1.29, 1.82) is 0 Å². The van der Waals surface area contributed by atoms with Gasteiger partial charge in [-0.2, -0.15) is 0 Å². The van der Waals surface area contributed by atoms with Crippen LogP contribution in [0.4, 0.5) is 0 Å². The number of aromatic hydroxyl groups is 1. The number of alkyl halides is 1. The minimum atomic E-state index is -0.314. The van der Waals surface area contributed by atoms with Gasteiger partial charge in [-0.1, -0.05) is 11.6 Å². The van der Waals surface area contributed by atoms with Crippen LogP contribution in [0.15, 0.2) is 18.2 Å². The summed E-state index contributed by atoms with van der Waals surface area (Å²) in [4.78, 5) is 13.5. The van der Waals surface area contributed by atoms with Crippen LogP contribution in [0, 0.1) is 0 Å². The van der Waals surface area contributed by atoms with E-state index in [-0.39, 0.29) is 22.6 Å². The van der Waals surface area contributed by atoms with Gasteiger partial charge in [0.15, 0.2) is 0 Å². The van der Waals surface area contributed by atoms with E-state index in [9.17, 15) is 9.90 Å². The van der Waals surface area contributed by atoms with Crippen LogP contribution in [-0.4, -0.2) is 48.6 Å². The second kappa shape index (κ2) is 6.83. The van der Waals surface area contributed by atoms with Gasteiger partial charge in [-0.25, -0.2) is 0 Å². The molecule has 1 aromatic carbocycles. The summed E-state index contributed by atoms with van der Waals surface area (Å²) in [6.45, 7) is 0.683. The summed E-state index contributed by atoms with van der Waals surface area (Å²) in [6, 6.07) is 4.36. The molecular weight excluding hydrogens is 277 g/mol. The SMILES string of the molecule is COCC(Cl)CN(C)C(=O)c1ccc(Cl)cc1O. The Balaban J connectivity index is 2.74. The molecule has 1 amide bonds. The van der Waals surface area contributed by atoms with Gasteiger partial charge in [0.1, 0.15) is 5.75 Å². The predicted octanol–water partition coefficient (Wildman–Crippen LogP) is 2.37. The third-order valence-corrected chi connectivity index (χ3v) is 2.86. The summed E-state index contributed by atoms with van der Waals surface area (Å²) < 4.78 is 4.89. The minimum absolute atomic E-state index is 0.141. The second-order valence-corrected chi connectivity index (χ2v) is 4.95. The Kier molecular flexibility index (Phi) is 5.72. The van der Waals surface area contributed by atoms with E-state index in [2.05, 4.69) is 0 Å². The molecule has 0 bridgehead atoms. The maximum Gasteiger partial charge on any atom is 0.257 e. The molecule has 1 N–H and O–H groups in total. The number of hydrogen-bond donors (Lipinski definition) is 1. The first-order valence-electron chi connectivity index (χ1n) is 5.32. The van der Waals surface area contributed by atoms with E-state index >= 15 is 0 Å². The number of carbonyl (C=O) groups excluding carboxylic acids is 1. The molecule has 1 atom stereocenters. The Labute approximate surface area is 116 Å². The quantitative estimate of drug-likeness (QED) is 0.848. The summed E-state index contributed by atoms with van der Waals surface area (Å²) in [5.41, 5.74) is 0.197. The van der Waals surface area contributed by atoms with Crippen molar-refractivity contribution in [2.45, 2.75) is 5.38 Å². The summed E-state index contributed by atoms with van der Waals surface area (Å²) in [5.74, 6) is -0.455. The van der Waals surface area contributed by atoms with Crippen LogP contribution in [0.1, 0.15) is 10.4 Å². The summed E-state index contributed by atoms with van der Waals surface area (Å²) in [7, 11) is 3.16. The summed E-state index contributed by atoms with van der Waals surface area (Å²) in [6.07, 6.45) is 0. The Hall–Kier alpha value is -0.970. The highest BCUT2D eigenvalue weighted by molar-refractivity contribution is 6.30. The van der Waals surface area contributed by atoms with Gasteiger partial charge in [0.2, 0.25) is 0 Å². The molecule has 0 saturated carbocycles. The van der Waals surface area contributed by atoms with E-state index in [1.807, 2.05) is 0 Å². The first-order chi connectivity index (χ1) is 8.45. The molecular formula is C12H15Cl2NO3. The number of ether oxygens (including phenoxy) is 1. The fourth-order valence-corrected chi connectivity index (χ4v) is 2.00. The maximum absolute atomic E-state index is 12.0. The zero-order chi connectivity index (χ0) is 13.7. The number of nitrogens with zero attached hydrogens (tertiary/aromatic N) is 1. The number of carbonyl (C=O) groups is 1. The van der Waals surface area contributed by atoms with Gasteiger partial charge in [0.05, 0.1) is 17.5 Å². The molecule has 0 aliphatic carbocycles. The highest BCUT2D eigenvalue weighted by Crippen LogP contribution is 2.23. The first kappa shape index (κ1) is 15.1. The van der Waals surface area contributed by atoms with Crippen molar-refractivity contribution in [3.63, 3.8) is 0 Å². The fraction of sp³-hybridized carbons (Fsp3) is 0.417. The number of amides is 1. The molecule has 0 spiro atoms. The van der Waals surface area contributed by atoms with Gasteiger partial charge >= 0.3 is 0 Å². The van der Waals surface area contributed by atoms with Crippen LogP contribution in [-0.2, 0) is 4.74 Å². The number of hydrogen-bond acceptors (Lipinski definition) is 3. The number of methoxy groups -OCH3 is 1. The molecule has 18 heavy (non-hydrogen) atoms. The lowest BCUT2D eigenvalue weighted by atomic mass is 10.1. The van der Waals surface area contributed by atoms with Crippen LogP contribution in [0.5, 0.6) is 5.75 Å². The first-order valence-corrected chi connectivity index (χ1v) is 6.14. The molecule has 1 rings (SSSR count). The van der Waals surface area contributed by atoms with Crippen molar-refractivity contribution >= 4 is 29.1 Å². The number of halogens is 2. The number of phenols is 1. The van der Waals surface area contributed by atoms with Crippen LogP contribution in [0.2, 0.25) is 5.02 Å². The van der Waals surface area contributed by atoms with E-state index in [0.717, 1.165) is 0 Å². The van der Waals surface area contributed by atoms with Crippen LogP contribution < -0.4 is 0 Å². The molecule has 0 heterocycles. The van der Waals surface area contributed by atoms with Gasteiger partial charge in [-0.05, 0) is 18.2 Å². The molecule has 0 fully saturated rings. The van der Waals surface area contributed by atoms with Crippen molar-refractivity contribution in [3.8, 4) is 5.75 Å². The van der Waals surface area contributed by atoms with E-state index in [1.54, 1.807) is 20.2 Å². The summed E-state index contributed by atoms with van der Waals surface area (Å²) >= 11 is 11.7. The molecule has 100 valence electrons. The lowest BCUT2D eigenvalue weighted by Crippen LogP contribution is -2.33. The average Bonchev–Trinajstić information content (AvgIpc) is 2.28. The van der Waals surface area contributed by atoms with E-state index < -0.39 is 0 Å². The van der Waals surface area contributed by atoms with Crippen LogP contribution in [0.3, 0.4) is 0 Å². The highest BCUT2D eigenvalue weighted by Gasteiger charge is 2.18. The Morgan fingerprint density at radius 3 is 2.78 bits per heavy atom. The monoisotopic (exact) mass is 291 g/mol. The number of phenolic OH excluding ortho intramolecular Hbond substituents is 1. The second-order valence-electron chi connectivity index (χ2n) is 3.90. The molecule has 0 aliphatic heterocycles. The molecule has 0 radical (unpaired) electrons. The minimum Gasteiger partial charge on any atom is -0.507 e. The lowest BCUT2D eigenvalue weighted by Gasteiger charge is -2.20. The largest absolute Gasteiger partial charge is 0.507 e. The van der Waals surface area contributed by atoms with E-state index in [0.29, 0.717) is 18.2 Å². The van der Waals surface area contributed by atoms with Crippen molar-refractivity contribution in [3.05, 3.63) is 28.8 Å². The van der Waals surface area contributed by atoms with Gasteiger partial charge in [0.25, 0.3) is 5.91 Å². The van der Waals surface area contributed by atoms with Crippen molar-refractivity contribution in [1.82, 2.24) is 4.90 Å². The normalized spacial score (nSPS) is 12.2. The maximum atomic E-state index is 12.0. The molecule has 0 aromatic heterocycles. The van der Waals surface area contributed by atoms with Gasteiger partial charge < -0.3 is 14.7 Å². The highest BCUT2D eigenvalue weighted by atomic mass is 35.5. The summed E-state index contributed by atoms with van der Waals surface area (Å²) in [5, 5.41) is 9.74. The fourth-order valence-electron chi connectivity index (χ4n) is 1.50. The van der Waals surface area contributed by atoms with E-state index in [4.69, 9.17) is 27.9 Å².